The monoisotopic (exact) mass is 429 g/mol. The molecule has 1 heterocycles. The minimum atomic E-state index is -3.07. The fraction of sp³-hybridized carbons (Fsp3) is 0.412. The number of benzene rings is 1. The summed E-state index contributed by atoms with van der Waals surface area (Å²) in [5.74, 6) is -0.933. The normalized spacial score (nSPS) is 19.0. The topological polar surface area (TPSA) is 80.8 Å². The second-order valence-corrected chi connectivity index (χ2v) is 8.88. The molecule has 0 radical (unpaired) electrons. The second-order valence-electron chi connectivity index (χ2n) is 5.73. The van der Waals surface area contributed by atoms with Gasteiger partial charge >= 0.3 is 5.97 Å². The van der Waals surface area contributed by atoms with E-state index in [1.807, 2.05) is 24.3 Å². The molecule has 0 N–H and O–H groups in total. The molecule has 1 aromatic rings. The lowest BCUT2D eigenvalue weighted by atomic mass is 10.2. The first kappa shape index (κ1) is 19.7. The van der Waals surface area contributed by atoms with Crippen molar-refractivity contribution >= 4 is 43.7 Å². The Labute approximate surface area is 155 Å². The van der Waals surface area contributed by atoms with Crippen LogP contribution in [0.15, 0.2) is 34.8 Å². The zero-order chi connectivity index (χ0) is 18.4. The quantitative estimate of drug-likeness (QED) is 0.510. The summed E-state index contributed by atoms with van der Waals surface area (Å²) in [5.41, 5.74) is 0.823. The third-order valence-corrected chi connectivity index (χ3v) is 6.15. The van der Waals surface area contributed by atoms with E-state index in [1.165, 1.54) is 11.0 Å². The first-order valence-corrected chi connectivity index (χ1v) is 10.5. The molecule has 0 bridgehead atoms. The number of ether oxygens (including phenoxy) is 1. The smallest absolute Gasteiger partial charge is 0.331 e. The Hall–Kier alpha value is -1.67. The maximum Gasteiger partial charge on any atom is 0.331 e. The minimum Gasteiger partial charge on any atom is -0.452 e. The molecule has 6 nitrogen and oxygen atoms in total. The van der Waals surface area contributed by atoms with Crippen molar-refractivity contribution in [1.29, 1.82) is 0 Å². The van der Waals surface area contributed by atoms with Crippen molar-refractivity contribution in [1.82, 2.24) is 4.90 Å². The molecule has 1 fully saturated rings. The van der Waals surface area contributed by atoms with Crippen LogP contribution in [-0.2, 0) is 24.2 Å². The Kier molecular flexibility index (Phi) is 6.78. The van der Waals surface area contributed by atoms with Crippen LogP contribution in [0.4, 0.5) is 0 Å². The van der Waals surface area contributed by atoms with Crippen LogP contribution in [0.1, 0.15) is 18.9 Å². The van der Waals surface area contributed by atoms with E-state index < -0.39 is 22.4 Å². The number of sulfone groups is 1. The van der Waals surface area contributed by atoms with Crippen molar-refractivity contribution < 1.29 is 22.7 Å². The molecule has 0 saturated carbocycles. The number of hydrogen-bond acceptors (Lipinski definition) is 5. The van der Waals surface area contributed by atoms with Crippen molar-refractivity contribution in [3.8, 4) is 0 Å². The van der Waals surface area contributed by atoms with E-state index in [4.69, 9.17) is 4.74 Å². The van der Waals surface area contributed by atoms with Gasteiger partial charge in [0, 0.05) is 23.1 Å². The fourth-order valence-electron chi connectivity index (χ4n) is 2.70. The number of carbonyl (C=O) groups excluding carboxylic acids is 2. The molecular weight excluding hydrogens is 410 g/mol. The van der Waals surface area contributed by atoms with Gasteiger partial charge in [-0.05, 0) is 37.1 Å². The molecule has 1 aliphatic rings. The molecule has 0 aliphatic carbocycles. The number of halogens is 1. The van der Waals surface area contributed by atoms with Crippen LogP contribution in [0.3, 0.4) is 0 Å². The van der Waals surface area contributed by atoms with Crippen LogP contribution in [0.5, 0.6) is 0 Å². The summed E-state index contributed by atoms with van der Waals surface area (Å²) in [6.07, 6.45) is 3.28. The summed E-state index contributed by atoms with van der Waals surface area (Å²) >= 11 is 3.34. The van der Waals surface area contributed by atoms with E-state index in [0.29, 0.717) is 13.0 Å². The Morgan fingerprint density at radius 2 is 2.16 bits per heavy atom. The Balaban J connectivity index is 1.86. The van der Waals surface area contributed by atoms with Gasteiger partial charge in [0.2, 0.25) is 0 Å². The number of amides is 1. The highest BCUT2D eigenvalue weighted by Crippen LogP contribution is 2.18. The lowest BCUT2D eigenvalue weighted by Crippen LogP contribution is -2.43. The van der Waals surface area contributed by atoms with Gasteiger partial charge in [0.05, 0.1) is 11.5 Å². The lowest BCUT2D eigenvalue weighted by Gasteiger charge is -2.26. The van der Waals surface area contributed by atoms with Gasteiger partial charge in [-0.3, -0.25) is 4.79 Å². The van der Waals surface area contributed by atoms with Gasteiger partial charge in [-0.1, -0.05) is 28.1 Å². The first-order chi connectivity index (χ1) is 11.8. The molecule has 136 valence electrons. The molecule has 1 amide bonds. The summed E-state index contributed by atoms with van der Waals surface area (Å²) in [4.78, 5) is 25.4. The van der Waals surface area contributed by atoms with Crippen LogP contribution < -0.4 is 0 Å². The zero-order valence-corrected chi connectivity index (χ0v) is 16.3. The predicted molar refractivity (Wildman–Crippen MR) is 98.6 cm³/mol. The van der Waals surface area contributed by atoms with E-state index >= 15 is 0 Å². The van der Waals surface area contributed by atoms with Crippen molar-refractivity contribution in [2.45, 2.75) is 19.4 Å². The highest BCUT2D eigenvalue weighted by atomic mass is 79.9. The van der Waals surface area contributed by atoms with E-state index in [2.05, 4.69) is 15.9 Å². The zero-order valence-electron chi connectivity index (χ0n) is 13.9. The van der Waals surface area contributed by atoms with E-state index in [0.717, 1.165) is 10.0 Å². The van der Waals surface area contributed by atoms with Gasteiger partial charge < -0.3 is 9.64 Å². The molecule has 8 heteroatoms. The predicted octanol–water partition coefficient (Wildman–Crippen LogP) is 2.04. The van der Waals surface area contributed by atoms with E-state index in [9.17, 15) is 18.0 Å². The highest BCUT2D eigenvalue weighted by Gasteiger charge is 2.34. The van der Waals surface area contributed by atoms with Crippen LogP contribution in [0, 0.1) is 0 Å². The summed E-state index contributed by atoms with van der Waals surface area (Å²) in [6.45, 7) is 1.76. The molecule has 0 aromatic heterocycles. The Bertz CT molecular complexity index is 775. The Morgan fingerprint density at radius 1 is 1.40 bits per heavy atom. The van der Waals surface area contributed by atoms with Gasteiger partial charge in [-0.25, -0.2) is 13.2 Å². The number of nitrogens with zero attached hydrogens (tertiary/aromatic N) is 1. The fourth-order valence-corrected chi connectivity index (χ4v) is 4.85. The van der Waals surface area contributed by atoms with Crippen LogP contribution in [0.25, 0.3) is 6.08 Å². The largest absolute Gasteiger partial charge is 0.452 e. The molecule has 1 atom stereocenters. The highest BCUT2D eigenvalue weighted by molar-refractivity contribution is 9.10. The van der Waals surface area contributed by atoms with Crippen molar-refractivity contribution in [2.75, 3.05) is 24.7 Å². The van der Waals surface area contributed by atoms with Crippen molar-refractivity contribution in [3.05, 3.63) is 40.4 Å². The number of likely N-dealkylation sites (N-methyl/N-ethyl adjacent to an activating group) is 1. The molecule has 1 aromatic carbocycles. The van der Waals surface area contributed by atoms with Crippen LogP contribution in [0.2, 0.25) is 0 Å². The maximum atomic E-state index is 12.2. The molecule has 1 saturated heterocycles. The molecule has 25 heavy (non-hydrogen) atoms. The van der Waals surface area contributed by atoms with Gasteiger partial charge in [-0.2, -0.15) is 0 Å². The molecule has 0 spiro atoms. The lowest BCUT2D eigenvalue weighted by molar-refractivity contribution is -0.149. The second kappa shape index (κ2) is 8.62. The number of carbonyl (C=O) groups is 2. The molecular formula is C17H20BrNO5S. The van der Waals surface area contributed by atoms with E-state index in [-0.39, 0.29) is 23.5 Å². The first-order valence-electron chi connectivity index (χ1n) is 7.91. The van der Waals surface area contributed by atoms with Gasteiger partial charge in [-0.15, -0.1) is 0 Å². The average Bonchev–Trinajstić information content (AvgIpc) is 2.91. The van der Waals surface area contributed by atoms with Gasteiger partial charge in [0.25, 0.3) is 5.91 Å². The standard InChI is InChI=1S/C17H20BrNO5S/c1-2-19(15-8-9-25(22,23)12-15)16(20)11-24-17(21)7-6-13-4-3-5-14(18)10-13/h3-7,10,15H,2,8-9,11-12H2,1H3/b7-6+/t15-/m0/s1. The average molecular weight is 430 g/mol. The number of rotatable bonds is 6. The SMILES string of the molecule is CCN(C(=O)COC(=O)/C=C/c1cccc(Br)c1)[C@H]1CCS(=O)(=O)C1. The Morgan fingerprint density at radius 3 is 2.76 bits per heavy atom. The van der Waals surface area contributed by atoms with Crippen molar-refractivity contribution in [3.63, 3.8) is 0 Å². The summed E-state index contributed by atoms with van der Waals surface area (Å²) in [7, 11) is -3.07. The van der Waals surface area contributed by atoms with Crippen LogP contribution >= 0.6 is 15.9 Å². The van der Waals surface area contributed by atoms with E-state index in [1.54, 1.807) is 13.0 Å². The minimum absolute atomic E-state index is 0.0245. The maximum absolute atomic E-state index is 12.2. The third-order valence-electron chi connectivity index (χ3n) is 3.91. The summed E-state index contributed by atoms with van der Waals surface area (Å²) in [6, 6.07) is 7.05. The molecule has 0 unspecified atom stereocenters. The van der Waals surface area contributed by atoms with Crippen molar-refractivity contribution in [2.24, 2.45) is 0 Å². The van der Waals surface area contributed by atoms with Crippen LogP contribution in [-0.4, -0.2) is 55.9 Å². The van der Waals surface area contributed by atoms with Gasteiger partial charge in [0.1, 0.15) is 0 Å². The number of hydrogen-bond donors (Lipinski definition) is 0. The van der Waals surface area contributed by atoms with Gasteiger partial charge in [0.15, 0.2) is 16.4 Å². The summed E-state index contributed by atoms with van der Waals surface area (Å²) < 4.78 is 29.0. The molecule has 2 rings (SSSR count). The third kappa shape index (κ3) is 5.97. The molecule has 1 aliphatic heterocycles. The summed E-state index contributed by atoms with van der Waals surface area (Å²) in [5, 5.41) is 0. The number of esters is 1.